The number of hydrogen-bond donors (Lipinski definition) is 1. The van der Waals surface area contributed by atoms with Crippen molar-refractivity contribution < 1.29 is 29.0 Å². The number of aliphatic hydroxyl groups excluding tert-OH is 1. The predicted molar refractivity (Wildman–Crippen MR) is 130 cm³/mol. The number of carbonyl (C=O) groups is 3. The molecular formula is C27H30N2O6. The molecule has 1 unspecified atom stereocenters. The van der Waals surface area contributed by atoms with Crippen molar-refractivity contribution >= 4 is 23.4 Å². The van der Waals surface area contributed by atoms with E-state index >= 15 is 0 Å². The van der Waals surface area contributed by atoms with E-state index in [9.17, 15) is 19.5 Å². The minimum absolute atomic E-state index is 0.0519. The second kappa shape index (κ2) is 10.8. The van der Waals surface area contributed by atoms with Crippen molar-refractivity contribution in [1.29, 1.82) is 0 Å². The van der Waals surface area contributed by atoms with E-state index in [1.807, 2.05) is 19.1 Å². The molecule has 0 aliphatic carbocycles. The number of Topliss-reactive ketones (excluding diaryl/α,β-unsaturated/α-hetero) is 1. The van der Waals surface area contributed by atoms with Gasteiger partial charge in [-0.05, 0) is 31.0 Å². The van der Waals surface area contributed by atoms with Gasteiger partial charge in [-0.15, -0.1) is 0 Å². The van der Waals surface area contributed by atoms with Crippen LogP contribution in [0.2, 0.25) is 0 Å². The molecule has 2 aromatic carbocycles. The Morgan fingerprint density at radius 2 is 1.63 bits per heavy atom. The summed E-state index contributed by atoms with van der Waals surface area (Å²) in [7, 11) is 1.31. The first-order chi connectivity index (χ1) is 16.9. The standard InChI is InChI=1S/C27H30N2O6/c1-18-4-6-20(7-5-18)24(30)22-23(19-8-10-21(11-9-19)27(33)34-2)29(26(32)25(22)31)13-3-12-28-14-16-35-17-15-28/h4-11,23,30H,3,12-17H2,1-2H3. The molecule has 184 valence electrons. The maximum absolute atomic E-state index is 13.2. The first kappa shape index (κ1) is 24.6. The fourth-order valence-electron chi connectivity index (χ4n) is 4.53. The van der Waals surface area contributed by atoms with Gasteiger partial charge < -0.3 is 19.5 Å². The molecule has 2 saturated heterocycles. The molecule has 8 heteroatoms. The number of rotatable bonds is 7. The molecule has 1 atom stereocenters. The van der Waals surface area contributed by atoms with E-state index in [0.717, 1.165) is 25.2 Å². The number of ketones is 1. The Hall–Kier alpha value is -3.49. The van der Waals surface area contributed by atoms with Crippen LogP contribution in [0, 0.1) is 6.92 Å². The van der Waals surface area contributed by atoms with E-state index in [2.05, 4.69) is 4.90 Å². The van der Waals surface area contributed by atoms with Crippen LogP contribution in [0.15, 0.2) is 54.1 Å². The zero-order chi connectivity index (χ0) is 24.9. The summed E-state index contributed by atoms with van der Waals surface area (Å²) >= 11 is 0. The van der Waals surface area contributed by atoms with Crippen molar-refractivity contribution in [2.75, 3.05) is 46.5 Å². The maximum atomic E-state index is 13.2. The summed E-state index contributed by atoms with van der Waals surface area (Å²) < 4.78 is 10.2. The fraction of sp³-hybridized carbons (Fsp3) is 0.370. The van der Waals surface area contributed by atoms with Crippen LogP contribution < -0.4 is 0 Å². The molecule has 2 aromatic rings. The predicted octanol–water partition coefficient (Wildman–Crippen LogP) is 2.93. The summed E-state index contributed by atoms with van der Waals surface area (Å²) in [6.45, 7) is 6.12. The van der Waals surface area contributed by atoms with Crippen molar-refractivity contribution in [1.82, 2.24) is 9.80 Å². The number of carbonyl (C=O) groups excluding carboxylic acids is 3. The molecule has 2 fully saturated rings. The average molecular weight is 479 g/mol. The summed E-state index contributed by atoms with van der Waals surface area (Å²) in [5.41, 5.74) is 2.53. The van der Waals surface area contributed by atoms with Gasteiger partial charge in [0.2, 0.25) is 0 Å². The second-order valence-corrected chi connectivity index (χ2v) is 8.78. The van der Waals surface area contributed by atoms with Gasteiger partial charge >= 0.3 is 5.97 Å². The number of ether oxygens (including phenoxy) is 2. The minimum Gasteiger partial charge on any atom is -0.507 e. The number of aryl methyl sites for hydroxylation is 1. The third kappa shape index (κ3) is 5.28. The van der Waals surface area contributed by atoms with Gasteiger partial charge in [-0.1, -0.05) is 42.0 Å². The largest absolute Gasteiger partial charge is 0.507 e. The highest BCUT2D eigenvalue weighted by Gasteiger charge is 2.45. The van der Waals surface area contributed by atoms with Gasteiger partial charge in [0.25, 0.3) is 11.7 Å². The number of amides is 1. The Morgan fingerprint density at radius 1 is 1.00 bits per heavy atom. The number of hydrogen-bond acceptors (Lipinski definition) is 7. The summed E-state index contributed by atoms with van der Waals surface area (Å²) in [5, 5.41) is 11.1. The highest BCUT2D eigenvalue weighted by atomic mass is 16.5. The quantitative estimate of drug-likeness (QED) is 0.283. The topological polar surface area (TPSA) is 96.4 Å². The average Bonchev–Trinajstić information content (AvgIpc) is 3.14. The van der Waals surface area contributed by atoms with Crippen LogP contribution in [0.4, 0.5) is 0 Å². The van der Waals surface area contributed by atoms with E-state index in [1.165, 1.54) is 12.0 Å². The highest BCUT2D eigenvalue weighted by molar-refractivity contribution is 6.46. The number of nitrogens with zero attached hydrogens (tertiary/aromatic N) is 2. The van der Waals surface area contributed by atoms with Crippen molar-refractivity contribution in [3.8, 4) is 0 Å². The zero-order valence-corrected chi connectivity index (χ0v) is 20.0. The first-order valence-corrected chi connectivity index (χ1v) is 11.7. The number of methoxy groups -OCH3 is 1. The number of benzene rings is 2. The molecular weight excluding hydrogens is 448 g/mol. The Labute approximate surface area is 204 Å². The molecule has 0 bridgehead atoms. The highest BCUT2D eigenvalue weighted by Crippen LogP contribution is 2.39. The summed E-state index contributed by atoms with van der Waals surface area (Å²) in [6.07, 6.45) is 0.675. The van der Waals surface area contributed by atoms with Crippen LogP contribution >= 0.6 is 0 Å². The number of esters is 1. The SMILES string of the molecule is COC(=O)c1ccc(C2C(=C(O)c3ccc(C)cc3)C(=O)C(=O)N2CCCN2CCOCC2)cc1. The Balaban J connectivity index is 1.68. The zero-order valence-electron chi connectivity index (χ0n) is 20.0. The van der Waals surface area contributed by atoms with Gasteiger partial charge in [0.1, 0.15) is 5.76 Å². The number of likely N-dealkylation sites (tertiary alicyclic amines) is 1. The van der Waals surface area contributed by atoms with E-state index in [0.29, 0.717) is 42.9 Å². The van der Waals surface area contributed by atoms with E-state index in [1.54, 1.807) is 36.4 Å². The van der Waals surface area contributed by atoms with Gasteiger partial charge in [0, 0.05) is 31.7 Å². The number of aliphatic hydroxyl groups is 1. The lowest BCUT2D eigenvalue weighted by Crippen LogP contribution is -2.39. The van der Waals surface area contributed by atoms with Gasteiger partial charge in [-0.25, -0.2) is 4.79 Å². The number of morpholine rings is 1. The molecule has 1 N–H and O–H groups in total. The van der Waals surface area contributed by atoms with E-state index in [-0.39, 0.29) is 11.3 Å². The van der Waals surface area contributed by atoms with Crippen LogP contribution in [0.25, 0.3) is 5.76 Å². The van der Waals surface area contributed by atoms with Crippen molar-refractivity contribution in [3.63, 3.8) is 0 Å². The second-order valence-electron chi connectivity index (χ2n) is 8.78. The smallest absolute Gasteiger partial charge is 0.337 e. The molecule has 0 aromatic heterocycles. The van der Waals surface area contributed by atoms with Crippen molar-refractivity contribution in [2.24, 2.45) is 0 Å². The summed E-state index contributed by atoms with van der Waals surface area (Å²) in [4.78, 5) is 42.0. The van der Waals surface area contributed by atoms with Gasteiger partial charge in [-0.2, -0.15) is 0 Å². The minimum atomic E-state index is -0.757. The van der Waals surface area contributed by atoms with Crippen LogP contribution in [0.5, 0.6) is 0 Å². The Kier molecular flexibility index (Phi) is 7.63. The van der Waals surface area contributed by atoms with Gasteiger partial charge in [0.05, 0.1) is 37.5 Å². The van der Waals surface area contributed by atoms with Gasteiger partial charge in [-0.3, -0.25) is 14.5 Å². The molecule has 2 heterocycles. The third-order valence-corrected chi connectivity index (χ3v) is 6.49. The lowest BCUT2D eigenvalue weighted by molar-refractivity contribution is -0.140. The van der Waals surface area contributed by atoms with Crippen LogP contribution in [-0.2, 0) is 19.1 Å². The molecule has 4 rings (SSSR count). The normalized spacial score (nSPS) is 20.3. The molecule has 0 saturated carbocycles. The molecule has 2 aliphatic rings. The Bertz CT molecular complexity index is 1120. The molecule has 2 aliphatic heterocycles. The lowest BCUT2D eigenvalue weighted by atomic mass is 9.94. The monoisotopic (exact) mass is 478 g/mol. The van der Waals surface area contributed by atoms with Crippen LogP contribution in [0.3, 0.4) is 0 Å². The maximum Gasteiger partial charge on any atom is 0.337 e. The molecule has 0 spiro atoms. The fourth-order valence-corrected chi connectivity index (χ4v) is 4.53. The summed E-state index contributed by atoms with van der Waals surface area (Å²) in [6, 6.07) is 13.0. The van der Waals surface area contributed by atoms with Crippen molar-refractivity contribution in [3.05, 3.63) is 76.4 Å². The van der Waals surface area contributed by atoms with Crippen LogP contribution in [0.1, 0.15) is 39.5 Å². The molecule has 1 amide bonds. The lowest BCUT2D eigenvalue weighted by Gasteiger charge is -2.29. The first-order valence-electron chi connectivity index (χ1n) is 11.7. The van der Waals surface area contributed by atoms with E-state index in [4.69, 9.17) is 9.47 Å². The molecule has 0 radical (unpaired) electrons. The third-order valence-electron chi connectivity index (χ3n) is 6.49. The van der Waals surface area contributed by atoms with Crippen LogP contribution in [-0.4, -0.2) is 79.1 Å². The van der Waals surface area contributed by atoms with E-state index < -0.39 is 23.7 Å². The summed E-state index contributed by atoms with van der Waals surface area (Å²) in [5.74, 6) is -2.03. The van der Waals surface area contributed by atoms with Crippen molar-refractivity contribution in [2.45, 2.75) is 19.4 Å². The molecule has 35 heavy (non-hydrogen) atoms. The molecule has 8 nitrogen and oxygen atoms in total. The Morgan fingerprint density at radius 3 is 2.26 bits per heavy atom. The van der Waals surface area contributed by atoms with Gasteiger partial charge in [0.15, 0.2) is 0 Å².